The van der Waals surface area contributed by atoms with Crippen LogP contribution in [-0.2, 0) is 25.7 Å². The number of benzene rings is 1. The highest BCUT2D eigenvalue weighted by atomic mass is 32.2. The zero-order chi connectivity index (χ0) is 11.5. The van der Waals surface area contributed by atoms with E-state index in [0.717, 1.165) is 0 Å². The molecule has 0 aliphatic rings. The van der Waals surface area contributed by atoms with Crippen LogP contribution in [0, 0.1) is 0 Å². The summed E-state index contributed by atoms with van der Waals surface area (Å²) in [7, 11) is -3.68. The molecule has 0 amide bonds. The van der Waals surface area contributed by atoms with Gasteiger partial charge in [0.25, 0.3) is 10.0 Å². The normalized spacial score (nSPS) is 13.7. The van der Waals surface area contributed by atoms with Crippen molar-refractivity contribution in [1.29, 1.82) is 0 Å². The van der Waals surface area contributed by atoms with Crippen LogP contribution >= 0.6 is 0 Å². The summed E-state index contributed by atoms with van der Waals surface area (Å²) in [4.78, 5) is 6.70. The molecule has 0 saturated carbocycles. The number of nitrogens with one attached hydrogen (secondary N) is 1. The summed E-state index contributed by atoms with van der Waals surface area (Å²) in [6, 6.07) is 5.87. The van der Waals surface area contributed by atoms with E-state index < -0.39 is 20.8 Å². The highest BCUT2D eigenvalue weighted by molar-refractivity contribution is 7.89. The molecule has 5 nitrogen and oxygen atoms in total. The van der Waals surface area contributed by atoms with Crippen molar-refractivity contribution < 1.29 is 17.5 Å². The molecule has 0 saturated heterocycles. The van der Waals surface area contributed by atoms with Gasteiger partial charge in [0.2, 0.25) is 0 Å². The first-order valence-corrected chi connectivity index (χ1v) is 7.00. The molecule has 0 aliphatic heterocycles. The second kappa shape index (κ2) is 4.84. The van der Waals surface area contributed by atoms with Gasteiger partial charge in [-0.15, -0.1) is 0 Å². The molecule has 0 aromatic heterocycles. The van der Waals surface area contributed by atoms with Crippen molar-refractivity contribution in [1.82, 2.24) is 4.89 Å². The fourth-order valence-electron chi connectivity index (χ4n) is 0.978. The van der Waals surface area contributed by atoms with Crippen LogP contribution < -0.4 is 4.89 Å². The summed E-state index contributed by atoms with van der Waals surface area (Å²) in [6.07, 6.45) is 1.48. The summed E-state index contributed by atoms with van der Waals surface area (Å²) in [5.41, 5.74) is 0. The van der Waals surface area contributed by atoms with Crippen molar-refractivity contribution in [2.75, 3.05) is 13.4 Å². The van der Waals surface area contributed by atoms with Gasteiger partial charge < -0.3 is 0 Å². The van der Waals surface area contributed by atoms with Crippen LogP contribution in [0.3, 0.4) is 0 Å². The van der Waals surface area contributed by atoms with E-state index in [-0.39, 0.29) is 4.90 Å². The van der Waals surface area contributed by atoms with Gasteiger partial charge in [0.1, 0.15) is 0 Å². The van der Waals surface area contributed by atoms with Gasteiger partial charge >= 0.3 is 0 Å². The zero-order valence-corrected chi connectivity index (χ0v) is 9.89. The topological polar surface area (TPSA) is 72.5 Å². The number of rotatable bonds is 4. The third-order valence-electron chi connectivity index (χ3n) is 1.64. The highest BCUT2D eigenvalue weighted by Crippen LogP contribution is 2.13. The summed E-state index contributed by atoms with van der Waals surface area (Å²) >= 11 is 0. The van der Waals surface area contributed by atoms with Crippen molar-refractivity contribution in [2.24, 2.45) is 0 Å². The summed E-state index contributed by atoms with van der Waals surface area (Å²) in [5.74, 6) is 0. The molecule has 1 N–H and O–H groups in total. The van der Waals surface area contributed by atoms with E-state index in [2.05, 4.69) is 4.84 Å². The summed E-state index contributed by atoms with van der Waals surface area (Å²) in [5, 5.41) is 0. The first-order valence-electron chi connectivity index (χ1n) is 3.95. The first kappa shape index (κ1) is 12.3. The van der Waals surface area contributed by atoms with Gasteiger partial charge in [0.15, 0.2) is 0 Å². The fraction of sp³-hybridized carbons (Fsp3) is 0.250. The van der Waals surface area contributed by atoms with E-state index in [1.54, 1.807) is 6.07 Å². The fourth-order valence-corrected chi connectivity index (χ4v) is 2.47. The summed E-state index contributed by atoms with van der Waals surface area (Å²) < 4.78 is 34.1. The van der Waals surface area contributed by atoms with Crippen LogP contribution in [0.15, 0.2) is 34.1 Å². The second-order valence-electron chi connectivity index (χ2n) is 2.72. The van der Waals surface area contributed by atoms with E-state index in [1.807, 2.05) is 4.89 Å². The molecule has 0 spiro atoms. The average Bonchev–Trinajstić information content (AvgIpc) is 2.18. The predicted octanol–water partition coefficient (Wildman–Crippen LogP) is 0.264. The lowest BCUT2D eigenvalue weighted by molar-refractivity contribution is 0.153. The van der Waals surface area contributed by atoms with E-state index >= 15 is 0 Å². The first-order chi connectivity index (χ1) is 6.97. The Kier molecular flexibility index (Phi) is 3.97. The highest BCUT2D eigenvalue weighted by Gasteiger charge is 2.14. The predicted molar refractivity (Wildman–Crippen MR) is 56.1 cm³/mol. The lowest BCUT2D eigenvalue weighted by Gasteiger charge is -2.04. The van der Waals surface area contributed by atoms with E-state index in [0.29, 0.717) is 4.90 Å². The monoisotopic (exact) mass is 249 g/mol. The Morgan fingerprint density at radius 3 is 2.60 bits per heavy atom. The molecule has 1 rings (SSSR count). The molecular weight excluding hydrogens is 238 g/mol. The Morgan fingerprint density at radius 2 is 2.07 bits per heavy atom. The van der Waals surface area contributed by atoms with Crippen molar-refractivity contribution in [3.63, 3.8) is 0 Å². The van der Waals surface area contributed by atoms with Crippen LogP contribution in [0.25, 0.3) is 0 Å². The van der Waals surface area contributed by atoms with Gasteiger partial charge in [-0.25, -0.2) is 8.42 Å². The van der Waals surface area contributed by atoms with E-state index in [4.69, 9.17) is 0 Å². The maximum atomic E-state index is 11.5. The molecule has 1 unspecified atom stereocenters. The van der Waals surface area contributed by atoms with Crippen LogP contribution in [0.5, 0.6) is 0 Å². The summed E-state index contributed by atoms with van der Waals surface area (Å²) in [6.45, 7) is 0. The average molecular weight is 249 g/mol. The maximum Gasteiger partial charge on any atom is 0.262 e. The molecule has 84 valence electrons. The minimum Gasteiger partial charge on any atom is -0.290 e. The standard InChI is InChI=1S/C8H11NO4S2/c1-13-9-15(11,12)8-5-3-4-7(6-8)14(2)10/h3-6,9H,1-2H3. The van der Waals surface area contributed by atoms with Gasteiger partial charge in [-0.2, -0.15) is 0 Å². The largest absolute Gasteiger partial charge is 0.290 e. The Bertz CT molecular complexity index is 469. The van der Waals surface area contributed by atoms with Crippen LogP contribution in [0.1, 0.15) is 0 Å². The molecule has 0 aliphatic carbocycles. The minimum atomic E-state index is -3.67. The molecule has 0 bridgehead atoms. The molecule has 1 aromatic rings. The molecule has 0 radical (unpaired) electrons. The maximum absolute atomic E-state index is 11.5. The number of hydrogen-bond donors (Lipinski definition) is 1. The lowest BCUT2D eigenvalue weighted by atomic mass is 10.4. The lowest BCUT2D eigenvalue weighted by Crippen LogP contribution is -2.22. The van der Waals surface area contributed by atoms with E-state index in [1.165, 1.54) is 31.6 Å². The van der Waals surface area contributed by atoms with Crippen molar-refractivity contribution >= 4 is 20.8 Å². The smallest absolute Gasteiger partial charge is 0.262 e. The number of hydrogen-bond acceptors (Lipinski definition) is 4. The molecule has 0 heterocycles. The van der Waals surface area contributed by atoms with Gasteiger partial charge in [-0.05, 0) is 18.2 Å². The van der Waals surface area contributed by atoms with Gasteiger partial charge in [-0.1, -0.05) is 11.0 Å². The SMILES string of the molecule is CONS(=O)(=O)c1cccc(S(C)=O)c1. The third kappa shape index (κ3) is 3.10. The van der Waals surface area contributed by atoms with Crippen molar-refractivity contribution in [3.8, 4) is 0 Å². The van der Waals surface area contributed by atoms with Crippen LogP contribution in [-0.4, -0.2) is 26.0 Å². The molecule has 1 aromatic carbocycles. The molecule has 15 heavy (non-hydrogen) atoms. The molecule has 7 heteroatoms. The quantitative estimate of drug-likeness (QED) is 0.777. The van der Waals surface area contributed by atoms with Gasteiger partial charge in [0.05, 0.1) is 12.0 Å². The van der Waals surface area contributed by atoms with Gasteiger partial charge in [-0.3, -0.25) is 9.05 Å². The number of sulfonamides is 1. The Balaban J connectivity index is 3.16. The molecule has 1 atom stereocenters. The molecular formula is C8H11NO4S2. The Labute approximate surface area is 90.9 Å². The van der Waals surface area contributed by atoms with Crippen LogP contribution in [0.2, 0.25) is 0 Å². The Hall–Kier alpha value is -0.760. The molecule has 0 fully saturated rings. The zero-order valence-electron chi connectivity index (χ0n) is 8.26. The third-order valence-corrected chi connectivity index (χ3v) is 3.82. The van der Waals surface area contributed by atoms with Crippen LogP contribution in [0.4, 0.5) is 0 Å². The van der Waals surface area contributed by atoms with Crippen molar-refractivity contribution in [3.05, 3.63) is 24.3 Å². The van der Waals surface area contributed by atoms with Gasteiger partial charge in [0, 0.05) is 22.0 Å². The second-order valence-corrected chi connectivity index (χ2v) is 5.74. The van der Waals surface area contributed by atoms with E-state index in [9.17, 15) is 12.6 Å². The Morgan fingerprint density at radius 1 is 1.40 bits per heavy atom. The van der Waals surface area contributed by atoms with Crippen molar-refractivity contribution in [2.45, 2.75) is 9.79 Å². The minimum absolute atomic E-state index is 0.0250.